The highest BCUT2D eigenvalue weighted by Crippen LogP contribution is 2.22. The van der Waals surface area contributed by atoms with Gasteiger partial charge in [0.1, 0.15) is 6.04 Å². The Balaban J connectivity index is 1.88. The normalized spacial score (nSPS) is 12.6. The maximum absolute atomic E-state index is 13.6. The second kappa shape index (κ2) is 12.3. The van der Waals surface area contributed by atoms with E-state index in [1.54, 1.807) is 18.2 Å². The monoisotopic (exact) mass is 523 g/mol. The first-order valence-corrected chi connectivity index (χ1v) is 14.1. The summed E-state index contributed by atoms with van der Waals surface area (Å²) in [7, 11) is -2.53. The molecule has 0 saturated heterocycles. The number of carbonyl (C=O) groups excluding carboxylic acids is 2. The predicted molar refractivity (Wildman–Crippen MR) is 147 cm³/mol. The fourth-order valence-corrected chi connectivity index (χ4v) is 5.34. The van der Waals surface area contributed by atoms with Gasteiger partial charge in [0.25, 0.3) is 0 Å². The summed E-state index contributed by atoms with van der Waals surface area (Å²) in [5.74, 6) is -0.403. The van der Waals surface area contributed by atoms with E-state index < -0.39 is 22.0 Å². The fraction of sp³-hybridized carbons (Fsp3) is 0.379. The molecule has 8 heteroatoms. The topological polar surface area (TPSA) is 86.8 Å². The number of fused-ring (bicyclic) bond motifs is 1. The first kappa shape index (κ1) is 28.3. The van der Waals surface area contributed by atoms with Gasteiger partial charge in [-0.05, 0) is 53.3 Å². The van der Waals surface area contributed by atoms with E-state index >= 15 is 0 Å². The van der Waals surface area contributed by atoms with Crippen molar-refractivity contribution in [1.82, 2.24) is 14.5 Å². The van der Waals surface area contributed by atoms with E-state index in [-0.39, 0.29) is 29.8 Å². The zero-order chi connectivity index (χ0) is 27.2. The van der Waals surface area contributed by atoms with Gasteiger partial charge in [-0.15, -0.1) is 0 Å². The molecule has 0 heterocycles. The van der Waals surface area contributed by atoms with Gasteiger partial charge in [0.15, 0.2) is 0 Å². The summed E-state index contributed by atoms with van der Waals surface area (Å²) in [5, 5.41) is 4.67. The largest absolute Gasteiger partial charge is 0.354 e. The third-order valence-electron chi connectivity index (χ3n) is 6.46. The summed E-state index contributed by atoms with van der Waals surface area (Å²) in [4.78, 5) is 28.4. The Morgan fingerprint density at radius 3 is 2.24 bits per heavy atom. The maximum atomic E-state index is 13.6. The third kappa shape index (κ3) is 6.96. The van der Waals surface area contributed by atoms with E-state index in [2.05, 4.69) is 5.32 Å². The number of rotatable bonds is 11. The summed E-state index contributed by atoms with van der Waals surface area (Å²) >= 11 is 0. The van der Waals surface area contributed by atoms with E-state index in [1.807, 2.05) is 76.2 Å². The van der Waals surface area contributed by atoms with Crippen molar-refractivity contribution in [2.45, 2.75) is 51.6 Å². The fourth-order valence-electron chi connectivity index (χ4n) is 4.19. The Morgan fingerprint density at radius 1 is 0.946 bits per heavy atom. The van der Waals surface area contributed by atoms with Crippen LogP contribution in [-0.2, 0) is 26.2 Å². The van der Waals surface area contributed by atoms with E-state index in [0.717, 1.165) is 26.2 Å². The summed E-state index contributed by atoms with van der Waals surface area (Å²) in [6.45, 7) is 8.14. The van der Waals surface area contributed by atoms with Gasteiger partial charge in [0.2, 0.25) is 21.8 Å². The SMILES string of the molecule is CCC(C(=O)NCC(C)C)N(Cc1ccccc1C)C(=O)CN(C)S(=O)(=O)c1ccc2ccccc2c1. The lowest BCUT2D eigenvalue weighted by molar-refractivity contribution is -0.141. The van der Waals surface area contributed by atoms with Gasteiger partial charge in [-0.3, -0.25) is 9.59 Å². The van der Waals surface area contributed by atoms with Gasteiger partial charge in [-0.2, -0.15) is 4.31 Å². The number of likely N-dealkylation sites (N-methyl/N-ethyl adjacent to an activating group) is 1. The molecule has 1 unspecified atom stereocenters. The zero-order valence-corrected chi connectivity index (χ0v) is 23.1. The van der Waals surface area contributed by atoms with Gasteiger partial charge in [0, 0.05) is 20.1 Å². The molecule has 3 aromatic carbocycles. The van der Waals surface area contributed by atoms with Crippen molar-refractivity contribution in [3.8, 4) is 0 Å². The molecule has 0 aliphatic carbocycles. The van der Waals surface area contributed by atoms with Gasteiger partial charge in [-0.1, -0.05) is 75.4 Å². The molecule has 37 heavy (non-hydrogen) atoms. The number of hydrogen-bond acceptors (Lipinski definition) is 4. The highest BCUT2D eigenvalue weighted by Gasteiger charge is 2.32. The molecule has 198 valence electrons. The Hall–Kier alpha value is -3.23. The molecule has 3 rings (SSSR count). The smallest absolute Gasteiger partial charge is 0.243 e. The number of sulfonamides is 1. The lowest BCUT2D eigenvalue weighted by atomic mass is 10.1. The number of benzene rings is 3. The van der Waals surface area contributed by atoms with Crippen molar-refractivity contribution in [1.29, 1.82) is 0 Å². The number of aryl methyl sites for hydroxylation is 1. The minimum Gasteiger partial charge on any atom is -0.354 e. The van der Waals surface area contributed by atoms with Crippen molar-refractivity contribution in [2.75, 3.05) is 20.1 Å². The quantitative estimate of drug-likeness (QED) is 0.405. The molecule has 0 saturated carbocycles. The third-order valence-corrected chi connectivity index (χ3v) is 8.26. The summed E-state index contributed by atoms with van der Waals surface area (Å²) < 4.78 is 27.8. The second-order valence-corrected chi connectivity index (χ2v) is 11.8. The molecule has 0 radical (unpaired) electrons. The molecule has 1 N–H and O–H groups in total. The van der Waals surface area contributed by atoms with Gasteiger partial charge < -0.3 is 10.2 Å². The molecular weight excluding hydrogens is 486 g/mol. The molecule has 0 spiro atoms. The van der Waals surface area contributed by atoms with E-state index in [0.29, 0.717) is 13.0 Å². The van der Waals surface area contributed by atoms with Crippen molar-refractivity contribution in [2.24, 2.45) is 5.92 Å². The van der Waals surface area contributed by atoms with Crippen molar-refractivity contribution in [3.63, 3.8) is 0 Å². The van der Waals surface area contributed by atoms with E-state index in [1.165, 1.54) is 11.9 Å². The lowest BCUT2D eigenvalue weighted by Gasteiger charge is -2.32. The average molecular weight is 524 g/mol. The van der Waals surface area contributed by atoms with Crippen molar-refractivity contribution in [3.05, 3.63) is 77.9 Å². The molecule has 0 aliphatic rings. The maximum Gasteiger partial charge on any atom is 0.243 e. The summed E-state index contributed by atoms with van der Waals surface area (Å²) in [6, 6.07) is 19.4. The zero-order valence-electron chi connectivity index (χ0n) is 22.3. The minimum absolute atomic E-state index is 0.119. The van der Waals surface area contributed by atoms with Crippen LogP contribution in [0.4, 0.5) is 0 Å². The molecular formula is C29H37N3O4S. The van der Waals surface area contributed by atoms with Crippen LogP contribution < -0.4 is 5.32 Å². The molecule has 2 amide bonds. The van der Waals surface area contributed by atoms with Crippen LogP contribution in [0.3, 0.4) is 0 Å². The summed E-state index contributed by atoms with van der Waals surface area (Å²) in [5.41, 5.74) is 1.90. The van der Waals surface area contributed by atoms with Crippen LogP contribution >= 0.6 is 0 Å². The molecule has 7 nitrogen and oxygen atoms in total. The average Bonchev–Trinajstić information content (AvgIpc) is 2.87. The molecule has 0 aliphatic heterocycles. The number of nitrogens with one attached hydrogen (secondary N) is 1. The first-order valence-electron chi connectivity index (χ1n) is 12.6. The Kier molecular flexibility index (Phi) is 9.45. The Bertz CT molecular complexity index is 1350. The Labute approximate surface area is 220 Å². The van der Waals surface area contributed by atoms with Crippen molar-refractivity contribution >= 4 is 32.6 Å². The minimum atomic E-state index is -3.93. The van der Waals surface area contributed by atoms with Crippen molar-refractivity contribution < 1.29 is 18.0 Å². The van der Waals surface area contributed by atoms with Crippen LogP contribution in [0.2, 0.25) is 0 Å². The number of nitrogens with zero attached hydrogens (tertiary/aromatic N) is 2. The highest BCUT2D eigenvalue weighted by molar-refractivity contribution is 7.89. The van der Waals surface area contributed by atoms with Crippen LogP contribution in [0.25, 0.3) is 10.8 Å². The first-order chi connectivity index (χ1) is 17.5. The van der Waals surface area contributed by atoms with Crippen LogP contribution in [0.15, 0.2) is 71.6 Å². The van der Waals surface area contributed by atoms with Crippen LogP contribution in [0, 0.1) is 12.8 Å². The molecule has 0 fully saturated rings. The van der Waals surface area contributed by atoms with Gasteiger partial charge in [0.05, 0.1) is 11.4 Å². The lowest BCUT2D eigenvalue weighted by Crippen LogP contribution is -2.52. The van der Waals surface area contributed by atoms with Crippen LogP contribution in [0.1, 0.15) is 38.3 Å². The molecule has 3 aromatic rings. The van der Waals surface area contributed by atoms with Crippen LogP contribution in [0.5, 0.6) is 0 Å². The Morgan fingerprint density at radius 2 is 1.59 bits per heavy atom. The number of carbonyl (C=O) groups is 2. The standard InChI is InChI=1S/C29H37N3O4S/c1-6-27(29(34)30-18-21(2)3)32(19-25-14-8-7-11-22(25)4)28(33)20-31(5)37(35,36)26-16-15-23-12-9-10-13-24(23)17-26/h7-17,21,27H,6,18-20H2,1-5H3,(H,30,34). The van der Waals surface area contributed by atoms with E-state index in [4.69, 9.17) is 0 Å². The number of hydrogen-bond donors (Lipinski definition) is 1. The molecule has 0 bridgehead atoms. The molecule has 1 atom stereocenters. The van der Waals surface area contributed by atoms with Gasteiger partial charge >= 0.3 is 0 Å². The number of amides is 2. The molecule has 0 aromatic heterocycles. The highest BCUT2D eigenvalue weighted by atomic mass is 32.2. The second-order valence-electron chi connectivity index (χ2n) is 9.78. The van der Waals surface area contributed by atoms with Gasteiger partial charge in [-0.25, -0.2) is 8.42 Å². The van der Waals surface area contributed by atoms with Crippen LogP contribution in [-0.4, -0.2) is 55.6 Å². The summed E-state index contributed by atoms with van der Waals surface area (Å²) in [6.07, 6.45) is 0.405. The van der Waals surface area contributed by atoms with E-state index in [9.17, 15) is 18.0 Å². The predicted octanol–water partition coefficient (Wildman–Crippen LogP) is 4.35.